The van der Waals surface area contributed by atoms with E-state index in [-0.39, 0.29) is 12.0 Å². The number of anilines is 1. The number of ether oxygens (including phenoxy) is 2. The summed E-state index contributed by atoms with van der Waals surface area (Å²) in [5, 5.41) is 5.43. The molecule has 0 aliphatic carbocycles. The highest BCUT2D eigenvalue weighted by atomic mass is 32.1. The molecule has 0 saturated carbocycles. The van der Waals surface area contributed by atoms with Crippen molar-refractivity contribution in [2.75, 3.05) is 45.2 Å². The summed E-state index contributed by atoms with van der Waals surface area (Å²) in [7, 11) is 1.78. The van der Waals surface area contributed by atoms with E-state index in [0.29, 0.717) is 51.3 Å². The number of thiazole rings is 1. The van der Waals surface area contributed by atoms with Gasteiger partial charge in [0, 0.05) is 38.4 Å². The fraction of sp³-hybridized carbons (Fsp3) is 0.450. The predicted molar refractivity (Wildman–Crippen MR) is 110 cm³/mol. The van der Waals surface area contributed by atoms with Crippen LogP contribution in [0.25, 0.3) is 0 Å². The first-order chi connectivity index (χ1) is 14.1. The number of nitrogens with one attached hydrogen (secondary N) is 1. The van der Waals surface area contributed by atoms with Gasteiger partial charge in [-0.3, -0.25) is 4.79 Å². The summed E-state index contributed by atoms with van der Waals surface area (Å²) in [4.78, 5) is 32.7. The zero-order valence-corrected chi connectivity index (χ0v) is 17.1. The van der Waals surface area contributed by atoms with Crippen molar-refractivity contribution in [1.82, 2.24) is 14.8 Å². The van der Waals surface area contributed by atoms with Gasteiger partial charge < -0.3 is 24.6 Å². The van der Waals surface area contributed by atoms with Crippen LogP contribution in [0.1, 0.15) is 23.3 Å². The molecule has 3 heterocycles. The number of benzene rings is 1. The van der Waals surface area contributed by atoms with Gasteiger partial charge in [-0.15, -0.1) is 11.3 Å². The number of nitrogens with zero attached hydrogens (tertiary/aromatic N) is 3. The van der Waals surface area contributed by atoms with Gasteiger partial charge in [0.2, 0.25) is 0 Å². The van der Waals surface area contributed by atoms with Gasteiger partial charge in [-0.1, -0.05) is 18.2 Å². The Morgan fingerprint density at radius 2 is 2.07 bits per heavy atom. The monoisotopic (exact) mass is 416 g/mol. The third kappa shape index (κ3) is 4.29. The number of aromatic nitrogens is 1. The molecule has 29 heavy (non-hydrogen) atoms. The van der Waals surface area contributed by atoms with E-state index in [2.05, 4.69) is 10.3 Å². The zero-order chi connectivity index (χ0) is 20.3. The topological polar surface area (TPSA) is 84.0 Å². The first kappa shape index (κ1) is 19.5. The summed E-state index contributed by atoms with van der Waals surface area (Å²) in [5.74, 6) is 0.708. The van der Waals surface area contributed by atoms with Crippen molar-refractivity contribution in [3.05, 3.63) is 41.4 Å². The van der Waals surface area contributed by atoms with Gasteiger partial charge in [0.15, 0.2) is 5.13 Å². The molecule has 8 nitrogen and oxygen atoms in total. The molecule has 1 spiro atoms. The summed E-state index contributed by atoms with van der Waals surface area (Å²) < 4.78 is 11.4. The van der Waals surface area contributed by atoms with Crippen molar-refractivity contribution in [3.63, 3.8) is 0 Å². The second-order valence-electron chi connectivity index (χ2n) is 7.21. The minimum Gasteiger partial charge on any atom is -0.492 e. The quantitative estimate of drug-likeness (QED) is 0.780. The van der Waals surface area contributed by atoms with Crippen molar-refractivity contribution >= 4 is 28.5 Å². The number of hydrogen-bond acceptors (Lipinski definition) is 7. The second-order valence-corrected chi connectivity index (χ2v) is 8.07. The molecule has 1 aromatic carbocycles. The average Bonchev–Trinajstić information content (AvgIpc) is 3.34. The van der Waals surface area contributed by atoms with Crippen LogP contribution in [0.3, 0.4) is 0 Å². The zero-order valence-electron chi connectivity index (χ0n) is 16.3. The maximum absolute atomic E-state index is 12.6. The Bertz CT molecular complexity index is 864. The minimum absolute atomic E-state index is 0.0740. The molecule has 0 atom stereocenters. The third-order valence-corrected chi connectivity index (χ3v) is 6.17. The summed E-state index contributed by atoms with van der Waals surface area (Å²) >= 11 is 1.41. The van der Waals surface area contributed by atoms with Crippen LogP contribution in [-0.2, 0) is 4.74 Å². The van der Waals surface area contributed by atoms with Crippen molar-refractivity contribution in [2.24, 2.45) is 0 Å². The number of rotatable bonds is 6. The van der Waals surface area contributed by atoms with Crippen LogP contribution in [-0.4, -0.2) is 72.2 Å². The number of hydrogen-bond donors (Lipinski definition) is 1. The molecule has 154 valence electrons. The van der Waals surface area contributed by atoms with E-state index in [9.17, 15) is 9.59 Å². The predicted octanol–water partition coefficient (Wildman–Crippen LogP) is 2.69. The number of para-hydroxylation sites is 1. The normalized spacial score (nSPS) is 18.0. The van der Waals surface area contributed by atoms with Crippen LogP contribution in [0.2, 0.25) is 0 Å². The molecule has 2 fully saturated rings. The largest absolute Gasteiger partial charge is 0.492 e. The average molecular weight is 417 g/mol. The molecule has 0 bridgehead atoms. The number of likely N-dealkylation sites (tertiary alicyclic amines) is 1. The second kappa shape index (κ2) is 8.28. The summed E-state index contributed by atoms with van der Waals surface area (Å²) in [6, 6.07) is 9.53. The molecule has 0 radical (unpaired) electrons. The molecule has 2 aromatic rings. The number of carbonyl (C=O) groups is 2. The lowest BCUT2D eigenvalue weighted by Gasteiger charge is -2.37. The van der Waals surface area contributed by atoms with Crippen molar-refractivity contribution in [3.8, 4) is 5.75 Å². The van der Waals surface area contributed by atoms with Gasteiger partial charge in [-0.25, -0.2) is 9.78 Å². The Morgan fingerprint density at radius 1 is 1.31 bits per heavy atom. The smallest absolute Gasteiger partial charge is 0.410 e. The van der Waals surface area contributed by atoms with Gasteiger partial charge in [0.25, 0.3) is 5.91 Å². The van der Waals surface area contributed by atoms with Gasteiger partial charge in [-0.2, -0.15) is 0 Å². The first-order valence-electron chi connectivity index (χ1n) is 9.67. The SMILES string of the molecule is CNc1nc(C(=O)N2CCC3(CC2)CN(CCOc2ccccc2)C(=O)O3)cs1. The Labute approximate surface area is 173 Å². The van der Waals surface area contributed by atoms with Gasteiger partial charge in [0.05, 0.1) is 13.1 Å². The molecule has 2 aliphatic rings. The summed E-state index contributed by atoms with van der Waals surface area (Å²) in [6.45, 7) is 2.52. The summed E-state index contributed by atoms with van der Waals surface area (Å²) in [5.41, 5.74) is -0.0582. The standard InChI is InChI=1S/C20H24N4O4S/c1-21-18-22-16(13-29-18)17(25)23-9-7-20(8-10-23)14-24(19(26)28-20)11-12-27-15-5-3-2-4-6-15/h2-6,13H,7-12,14H2,1H3,(H,21,22). The highest BCUT2D eigenvalue weighted by Crippen LogP contribution is 2.33. The van der Waals surface area contributed by atoms with E-state index in [1.807, 2.05) is 30.3 Å². The molecule has 1 N–H and O–H groups in total. The van der Waals surface area contributed by atoms with E-state index in [4.69, 9.17) is 9.47 Å². The van der Waals surface area contributed by atoms with E-state index in [1.54, 1.807) is 22.2 Å². The number of piperidine rings is 1. The molecule has 4 rings (SSSR count). The fourth-order valence-corrected chi connectivity index (χ4v) is 4.33. The molecular formula is C20H24N4O4S. The van der Waals surface area contributed by atoms with Crippen LogP contribution in [0.5, 0.6) is 5.75 Å². The number of carbonyl (C=O) groups excluding carboxylic acids is 2. The molecule has 9 heteroatoms. The van der Waals surface area contributed by atoms with Crippen molar-refractivity contribution in [2.45, 2.75) is 18.4 Å². The number of amides is 2. The van der Waals surface area contributed by atoms with Crippen LogP contribution in [0.4, 0.5) is 9.93 Å². The molecule has 2 amide bonds. The van der Waals surface area contributed by atoms with Gasteiger partial charge >= 0.3 is 6.09 Å². The molecule has 1 aromatic heterocycles. The van der Waals surface area contributed by atoms with Crippen LogP contribution < -0.4 is 10.1 Å². The van der Waals surface area contributed by atoms with E-state index in [0.717, 1.165) is 10.9 Å². The van der Waals surface area contributed by atoms with E-state index in [1.165, 1.54) is 11.3 Å². The maximum atomic E-state index is 12.6. The molecule has 2 aliphatic heterocycles. The molecule has 0 unspecified atom stereocenters. The van der Waals surface area contributed by atoms with Crippen LogP contribution >= 0.6 is 11.3 Å². The van der Waals surface area contributed by atoms with Crippen LogP contribution in [0, 0.1) is 0 Å². The Balaban J connectivity index is 1.28. The van der Waals surface area contributed by atoms with Gasteiger partial charge in [-0.05, 0) is 12.1 Å². The Morgan fingerprint density at radius 3 is 2.76 bits per heavy atom. The molecule has 2 saturated heterocycles. The lowest BCUT2D eigenvalue weighted by atomic mass is 9.91. The van der Waals surface area contributed by atoms with Crippen LogP contribution in [0.15, 0.2) is 35.7 Å². The Hall–Kier alpha value is -2.81. The van der Waals surface area contributed by atoms with Crippen molar-refractivity contribution < 1.29 is 19.1 Å². The maximum Gasteiger partial charge on any atom is 0.410 e. The third-order valence-electron chi connectivity index (χ3n) is 5.31. The lowest BCUT2D eigenvalue weighted by molar-refractivity contribution is 0.00298. The lowest BCUT2D eigenvalue weighted by Crippen LogP contribution is -2.49. The summed E-state index contributed by atoms with van der Waals surface area (Å²) in [6.07, 6.45) is 0.951. The van der Waals surface area contributed by atoms with Gasteiger partial charge in [0.1, 0.15) is 23.7 Å². The van der Waals surface area contributed by atoms with Crippen molar-refractivity contribution in [1.29, 1.82) is 0 Å². The Kier molecular flexibility index (Phi) is 5.57. The fourth-order valence-electron chi connectivity index (χ4n) is 3.68. The first-order valence-corrected chi connectivity index (χ1v) is 10.5. The van der Waals surface area contributed by atoms with E-state index < -0.39 is 5.60 Å². The minimum atomic E-state index is -0.515. The highest BCUT2D eigenvalue weighted by molar-refractivity contribution is 7.13. The van der Waals surface area contributed by atoms with E-state index >= 15 is 0 Å². The highest BCUT2D eigenvalue weighted by Gasteiger charge is 2.47. The molecular weight excluding hydrogens is 392 g/mol.